The van der Waals surface area contributed by atoms with Crippen molar-refractivity contribution in [3.05, 3.63) is 87.6 Å². The zero-order chi connectivity index (χ0) is 22.6. The number of alkyl halides is 3. The Morgan fingerprint density at radius 3 is 2.29 bits per heavy atom. The molecule has 3 rings (SSSR count). The molecule has 0 spiro atoms. The van der Waals surface area contributed by atoms with Crippen molar-refractivity contribution in [2.24, 2.45) is 0 Å². The number of hydrogen-bond acceptors (Lipinski definition) is 5. The van der Waals surface area contributed by atoms with Crippen LogP contribution in [-0.2, 0) is 17.5 Å². The topological polar surface area (TPSA) is 70.4 Å². The van der Waals surface area contributed by atoms with Crippen molar-refractivity contribution in [1.29, 1.82) is 0 Å². The first kappa shape index (κ1) is 22.0. The summed E-state index contributed by atoms with van der Waals surface area (Å²) in [4.78, 5) is 24.8. The predicted molar refractivity (Wildman–Crippen MR) is 102 cm³/mol. The highest BCUT2D eigenvalue weighted by Crippen LogP contribution is 2.29. The van der Waals surface area contributed by atoms with E-state index < -0.39 is 29.1 Å². The van der Waals surface area contributed by atoms with Crippen LogP contribution in [0.4, 0.5) is 17.6 Å². The largest absolute Gasteiger partial charge is 0.486 e. The fraction of sp³-hybridized carbons (Fsp3) is 0.190. The van der Waals surface area contributed by atoms with Crippen molar-refractivity contribution < 1.29 is 31.8 Å². The summed E-state index contributed by atoms with van der Waals surface area (Å²) in [5, 5.41) is 3.98. The lowest BCUT2D eigenvalue weighted by atomic mass is 10.1. The Bertz CT molecular complexity index is 1120. The van der Waals surface area contributed by atoms with Crippen LogP contribution in [0.15, 0.2) is 59.4 Å². The Labute approximate surface area is 173 Å². The fourth-order valence-corrected chi connectivity index (χ4v) is 2.61. The average Bonchev–Trinajstić information content (AvgIpc) is 2.73. The number of halogens is 4. The molecule has 0 aliphatic carbocycles. The van der Waals surface area contributed by atoms with Gasteiger partial charge < -0.3 is 9.47 Å². The number of carbonyl (C=O) groups is 1. The number of aromatic nitrogens is 2. The second kappa shape index (κ2) is 8.99. The van der Waals surface area contributed by atoms with Gasteiger partial charge in [0.1, 0.15) is 12.4 Å². The minimum Gasteiger partial charge on any atom is -0.486 e. The van der Waals surface area contributed by atoms with E-state index in [1.165, 1.54) is 24.3 Å². The third-order valence-corrected chi connectivity index (χ3v) is 4.11. The number of hydrogen-bond donors (Lipinski definition) is 0. The van der Waals surface area contributed by atoms with E-state index in [-0.39, 0.29) is 30.3 Å². The molecule has 0 fully saturated rings. The predicted octanol–water partition coefficient (Wildman–Crippen LogP) is 4.15. The van der Waals surface area contributed by atoms with Crippen molar-refractivity contribution >= 4 is 5.97 Å². The summed E-state index contributed by atoms with van der Waals surface area (Å²) in [7, 11) is 0. The highest BCUT2D eigenvalue weighted by molar-refractivity contribution is 5.90. The maximum Gasteiger partial charge on any atom is 0.416 e. The molecule has 1 aromatic heterocycles. The van der Waals surface area contributed by atoms with Gasteiger partial charge in [-0.25, -0.2) is 9.18 Å². The van der Waals surface area contributed by atoms with E-state index in [4.69, 9.17) is 9.47 Å². The van der Waals surface area contributed by atoms with Gasteiger partial charge in [0.2, 0.25) is 5.69 Å². The van der Waals surface area contributed by atoms with Crippen molar-refractivity contribution in [2.75, 3.05) is 6.61 Å². The van der Waals surface area contributed by atoms with Gasteiger partial charge in [-0.3, -0.25) is 4.79 Å². The van der Waals surface area contributed by atoms with Gasteiger partial charge in [-0.15, -0.1) is 0 Å². The molecule has 0 N–H and O–H groups in total. The van der Waals surface area contributed by atoms with Crippen molar-refractivity contribution in [3.8, 4) is 11.4 Å². The Kier molecular flexibility index (Phi) is 6.38. The van der Waals surface area contributed by atoms with Crippen LogP contribution in [0.1, 0.15) is 28.5 Å². The van der Waals surface area contributed by atoms with E-state index >= 15 is 0 Å². The lowest BCUT2D eigenvalue weighted by Gasteiger charge is -2.13. The van der Waals surface area contributed by atoms with Gasteiger partial charge in [-0.05, 0) is 48.9 Å². The summed E-state index contributed by atoms with van der Waals surface area (Å²) in [6, 6.07) is 10.1. The number of benzene rings is 2. The van der Waals surface area contributed by atoms with Crippen LogP contribution in [0.5, 0.6) is 5.75 Å². The van der Waals surface area contributed by atoms with Gasteiger partial charge in [0.05, 0.1) is 23.9 Å². The van der Waals surface area contributed by atoms with Crippen LogP contribution >= 0.6 is 0 Å². The first-order valence-corrected chi connectivity index (χ1v) is 9.05. The van der Waals surface area contributed by atoms with Crippen LogP contribution in [0.25, 0.3) is 5.69 Å². The summed E-state index contributed by atoms with van der Waals surface area (Å²) in [6.45, 7) is 1.40. The first-order valence-electron chi connectivity index (χ1n) is 9.05. The molecule has 1 heterocycles. The molecule has 31 heavy (non-hydrogen) atoms. The minimum atomic E-state index is -4.47. The van der Waals surface area contributed by atoms with Crippen LogP contribution in [0.3, 0.4) is 0 Å². The van der Waals surface area contributed by atoms with Gasteiger partial charge in [0, 0.05) is 0 Å². The SMILES string of the molecule is CCOC(=O)c1nn(-c2ccc(F)cc2)c(=O)cc1OCc1ccc(C(F)(F)F)cc1. The highest BCUT2D eigenvalue weighted by atomic mass is 19.4. The fourth-order valence-electron chi connectivity index (χ4n) is 2.61. The lowest BCUT2D eigenvalue weighted by Crippen LogP contribution is -2.25. The Hall–Kier alpha value is -3.69. The van der Waals surface area contributed by atoms with E-state index in [0.29, 0.717) is 5.56 Å². The standard InChI is InChI=1S/C21H16F4N2O4/c1-2-30-20(29)19-17(31-12-13-3-5-14(6-4-13)21(23,24)25)11-18(28)27(26-19)16-9-7-15(22)8-10-16/h3-11H,2,12H2,1H3. The van der Waals surface area contributed by atoms with Gasteiger partial charge in [0.15, 0.2) is 5.75 Å². The lowest BCUT2D eigenvalue weighted by molar-refractivity contribution is -0.137. The smallest absolute Gasteiger partial charge is 0.416 e. The molecule has 0 aliphatic rings. The second-order valence-electron chi connectivity index (χ2n) is 6.29. The number of ether oxygens (including phenoxy) is 2. The Morgan fingerprint density at radius 1 is 1.06 bits per heavy atom. The summed E-state index contributed by atoms with van der Waals surface area (Å²) >= 11 is 0. The molecule has 0 unspecified atom stereocenters. The minimum absolute atomic E-state index is 0.0362. The van der Waals surface area contributed by atoms with Crippen LogP contribution in [0.2, 0.25) is 0 Å². The maximum absolute atomic E-state index is 13.2. The molecule has 0 radical (unpaired) electrons. The molecular formula is C21H16F4N2O4. The molecule has 162 valence electrons. The number of rotatable bonds is 6. The van der Waals surface area contributed by atoms with E-state index in [9.17, 15) is 27.2 Å². The second-order valence-corrected chi connectivity index (χ2v) is 6.29. The number of esters is 1. The quantitative estimate of drug-likeness (QED) is 0.429. The highest BCUT2D eigenvalue weighted by Gasteiger charge is 2.30. The van der Waals surface area contributed by atoms with Crippen LogP contribution in [-0.4, -0.2) is 22.4 Å². The van der Waals surface area contributed by atoms with Gasteiger partial charge in [-0.2, -0.15) is 23.0 Å². The molecule has 0 aliphatic heterocycles. The average molecular weight is 436 g/mol. The molecule has 0 atom stereocenters. The first-order chi connectivity index (χ1) is 14.7. The third kappa shape index (κ3) is 5.27. The monoisotopic (exact) mass is 436 g/mol. The summed E-state index contributed by atoms with van der Waals surface area (Å²) in [5.74, 6) is -1.57. The molecule has 0 amide bonds. The summed E-state index contributed by atoms with van der Waals surface area (Å²) in [5.41, 5.74) is -1.19. The van der Waals surface area contributed by atoms with Gasteiger partial charge in [0.25, 0.3) is 5.56 Å². The van der Waals surface area contributed by atoms with E-state index in [1.807, 2.05) is 0 Å². The third-order valence-electron chi connectivity index (χ3n) is 4.11. The summed E-state index contributed by atoms with van der Waals surface area (Å²) in [6.07, 6.45) is -4.47. The van der Waals surface area contributed by atoms with Crippen LogP contribution in [0, 0.1) is 5.82 Å². The maximum atomic E-state index is 13.2. The molecule has 3 aromatic rings. The number of carbonyl (C=O) groups excluding carboxylic acids is 1. The molecule has 2 aromatic carbocycles. The molecule has 0 bridgehead atoms. The van der Waals surface area contributed by atoms with Crippen molar-refractivity contribution in [2.45, 2.75) is 19.7 Å². The summed E-state index contributed by atoms with van der Waals surface area (Å²) < 4.78 is 62.5. The van der Waals surface area contributed by atoms with Crippen molar-refractivity contribution in [3.63, 3.8) is 0 Å². The van der Waals surface area contributed by atoms with E-state index in [1.54, 1.807) is 6.92 Å². The molecule has 0 saturated carbocycles. The molecule has 10 heteroatoms. The molecular weight excluding hydrogens is 420 g/mol. The Balaban J connectivity index is 1.91. The van der Waals surface area contributed by atoms with Crippen LogP contribution < -0.4 is 10.3 Å². The van der Waals surface area contributed by atoms with Gasteiger partial charge >= 0.3 is 12.1 Å². The molecule has 6 nitrogen and oxygen atoms in total. The van der Waals surface area contributed by atoms with Gasteiger partial charge in [-0.1, -0.05) is 12.1 Å². The van der Waals surface area contributed by atoms with E-state index in [0.717, 1.165) is 35.0 Å². The zero-order valence-corrected chi connectivity index (χ0v) is 16.1. The molecule has 0 saturated heterocycles. The normalized spacial score (nSPS) is 11.3. The number of nitrogens with zero attached hydrogens (tertiary/aromatic N) is 2. The van der Waals surface area contributed by atoms with Crippen molar-refractivity contribution in [1.82, 2.24) is 9.78 Å². The zero-order valence-electron chi connectivity index (χ0n) is 16.1. The Morgan fingerprint density at radius 2 is 1.71 bits per heavy atom. The van der Waals surface area contributed by atoms with E-state index in [2.05, 4.69) is 5.10 Å².